The van der Waals surface area contributed by atoms with E-state index in [2.05, 4.69) is 0 Å². The second-order valence-corrected chi connectivity index (χ2v) is 6.40. The largest absolute Gasteiger partial charge is 0.388 e. The molecule has 18 heavy (non-hydrogen) atoms. The summed E-state index contributed by atoms with van der Waals surface area (Å²) in [6, 6.07) is 7.40. The molecular formula is C14H20O3S. The Morgan fingerprint density at radius 1 is 1.33 bits per heavy atom. The summed E-state index contributed by atoms with van der Waals surface area (Å²) in [5, 5.41) is 19.2. The van der Waals surface area contributed by atoms with E-state index in [9.17, 15) is 14.4 Å². The Hall–Kier alpha value is -0.970. The SMILES string of the molecule is Cc1ccc(S(=O)C[C@@H](O)/C=C/C(C)(C)O)cc1. The molecule has 0 saturated carbocycles. The zero-order valence-corrected chi connectivity index (χ0v) is 11.8. The molecule has 0 heterocycles. The summed E-state index contributed by atoms with van der Waals surface area (Å²) < 4.78 is 11.9. The lowest BCUT2D eigenvalue weighted by Crippen LogP contribution is -2.18. The van der Waals surface area contributed by atoms with Crippen molar-refractivity contribution in [1.82, 2.24) is 0 Å². The number of benzene rings is 1. The lowest BCUT2D eigenvalue weighted by molar-refractivity contribution is 0.131. The zero-order chi connectivity index (χ0) is 13.8. The number of aryl methyl sites for hydroxylation is 1. The summed E-state index contributed by atoms with van der Waals surface area (Å²) in [7, 11) is -1.23. The Kier molecular flexibility index (Phi) is 5.26. The molecule has 4 heteroatoms. The van der Waals surface area contributed by atoms with Crippen molar-refractivity contribution in [2.45, 2.75) is 37.4 Å². The summed E-state index contributed by atoms with van der Waals surface area (Å²) in [5.74, 6) is 0.135. The van der Waals surface area contributed by atoms with Gasteiger partial charge in [0.15, 0.2) is 0 Å². The van der Waals surface area contributed by atoms with Crippen LogP contribution in [0.1, 0.15) is 19.4 Å². The van der Waals surface area contributed by atoms with Crippen molar-refractivity contribution in [3.05, 3.63) is 42.0 Å². The average Bonchev–Trinajstić information content (AvgIpc) is 2.26. The van der Waals surface area contributed by atoms with Crippen molar-refractivity contribution in [3.63, 3.8) is 0 Å². The average molecular weight is 268 g/mol. The van der Waals surface area contributed by atoms with Gasteiger partial charge in [-0.05, 0) is 32.9 Å². The minimum absolute atomic E-state index is 0.135. The molecule has 0 spiro atoms. The van der Waals surface area contributed by atoms with E-state index in [1.807, 2.05) is 19.1 Å². The van der Waals surface area contributed by atoms with Crippen LogP contribution in [0.2, 0.25) is 0 Å². The third-order valence-corrected chi connectivity index (χ3v) is 3.77. The van der Waals surface area contributed by atoms with E-state index >= 15 is 0 Å². The molecule has 0 aliphatic rings. The molecule has 0 radical (unpaired) electrons. The molecule has 1 unspecified atom stereocenters. The molecule has 100 valence electrons. The van der Waals surface area contributed by atoms with Crippen molar-refractivity contribution in [3.8, 4) is 0 Å². The molecule has 2 atom stereocenters. The van der Waals surface area contributed by atoms with Crippen LogP contribution in [0.4, 0.5) is 0 Å². The summed E-state index contributed by atoms with van der Waals surface area (Å²) in [4.78, 5) is 0.705. The number of aliphatic hydroxyl groups is 2. The van der Waals surface area contributed by atoms with Crippen LogP contribution < -0.4 is 0 Å². The van der Waals surface area contributed by atoms with E-state index in [0.717, 1.165) is 5.56 Å². The standard InChI is InChI=1S/C14H20O3S/c1-11-4-6-13(7-5-11)18(17)10-12(15)8-9-14(2,3)16/h4-9,12,15-16H,10H2,1-3H3/b9-8+/t12-,18?/m0/s1. The van der Waals surface area contributed by atoms with Gasteiger partial charge in [-0.25, -0.2) is 0 Å². The first-order chi connectivity index (χ1) is 8.28. The second kappa shape index (κ2) is 6.27. The topological polar surface area (TPSA) is 57.5 Å². The number of rotatable bonds is 5. The summed E-state index contributed by atoms with van der Waals surface area (Å²) in [5.41, 5.74) is 0.144. The first-order valence-electron chi connectivity index (χ1n) is 5.83. The van der Waals surface area contributed by atoms with Crippen LogP contribution in [0.25, 0.3) is 0 Å². The number of aliphatic hydroxyl groups excluding tert-OH is 1. The Bertz CT molecular complexity index is 429. The molecule has 0 amide bonds. The summed E-state index contributed by atoms with van der Waals surface area (Å²) in [6.07, 6.45) is 2.16. The summed E-state index contributed by atoms with van der Waals surface area (Å²) in [6.45, 7) is 5.20. The fourth-order valence-electron chi connectivity index (χ4n) is 1.34. The van der Waals surface area contributed by atoms with Gasteiger partial charge in [0.1, 0.15) is 0 Å². The van der Waals surface area contributed by atoms with Crippen molar-refractivity contribution in [2.24, 2.45) is 0 Å². The molecule has 0 aliphatic carbocycles. The lowest BCUT2D eigenvalue weighted by atomic mass is 10.1. The van der Waals surface area contributed by atoms with Crippen molar-refractivity contribution < 1.29 is 14.4 Å². The van der Waals surface area contributed by atoms with Gasteiger partial charge < -0.3 is 10.2 Å². The van der Waals surface area contributed by atoms with Crippen LogP contribution in [0, 0.1) is 6.92 Å². The van der Waals surface area contributed by atoms with Crippen LogP contribution >= 0.6 is 0 Å². The van der Waals surface area contributed by atoms with Crippen LogP contribution in [0.3, 0.4) is 0 Å². The highest BCUT2D eigenvalue weighted by Crippen LogP contribution is 2.10. The van der Waals surface area contributed by atoms with E-state index in [-0.39, 0.29) is 5.75 Å². The highest BCUT2D eigenvalue weighted by molar-refractivity contribution is 7.85. The minimum Gasteiger partial charge on any atom is -0.388 e. The molecule has 2 N–H and O–H groups in total. The molecule has 0 fully saturated rings. The van der Waals surface area contributed by atoms with E-state index in [1.54, 1.807) is 26.0 Å². The highest BCUT2D eigenvalue weighted by Gasteiger charge is 2.11. The molecule has 1 aromatic rings. The Morgan fingerprint density at radius 3 is 2.39 bits per heavy atom. The van der Waals surface area contributed by atoms with E-state index < -0.39 is 22.5 Å². The second-order valence-electron chi connectivity index (χ2n) is 4.91. The molecule has 0 saturated heterocycles. The van der Waals surface area contributed by atoms with Gasteiger partial charge in [-0.1, -0.05) is 29.8 Å². The quantitative estimate of drug-likeness (QED) is 0.801. The maximum absolute atomic E-state index is 11.9. The van der Waals surface area contributed by atoms with Crippen molar-refractivity contribution >= 4 is 10.8 Å². The maximum atomic E-state index is 11.9. The van der Waals surface area contributed by atoms with Gasteiger partial charge in [0, 0.05) is 4.90 Å². The first kappa shape index (κ1) is 15.1. The molecule has 0 aliphatic heterocycles. The van der Waals surface area contributed by atoms with Gasteiger partial charge >= 0.3 is 0 Å². The number of hydrogen-bond donors (Lipinski definition) is 2. The van der Waals surface area contributed by atoms with Crippen LogP contribution in [0.5, 0.6) is 0 Å². The molecule has 1 aromatic carbocycles. The smallest absolute Gasteiger partial charge is 0.0840 e. The van der Waals surface area contributed by atoms with Crippen LogP contribution in [0.15, 0.2) is 41.3 Å². The minimum atomic E-state index is -1.23. The monoisotopic (exact) mass is 268 g/mol. The summed E-state index contributed by atoms with van der Waals surface area (Å²) >= 11 is 0. The normalized spacial score (nSPS) is 15.8. The predicted molar refractivity (Wildman–Crippen MR) is 73.9 cm³/mol. The first-order valence-corrected chi connectivity index (χ1v) is 7.15. The van der Waals surface area contributed by atoms with Gasteiger partial charge in [0.2, 0.25) is 0 Å². The van der Waals surface area contributed by atoms with Crippen molar-refractivity contribution in [1.29, 1.82) is 0 Å². The predicted octanol–water partition coefficient (Wildman–Crippen LogP) is 1.79. The van der Waals surface area contributed by atoms with E-state index in [1.165, 1.54) is 12.2 Å². The third kappa shape index (κ3) is 5.58. The molecular weight excluding hydrogens is 248 g/mol. The number of hydrogen-bond acceptors (Lipinski definition) is 3. The molecule has 0 bridgehead atoms. The van der Waals surface area contributed by atoms with Crippen LogP contribution in [-0.2, 0) is 10.8 Å². The van der Waals surface area contributed by atoms with Crippen LogP contribution in [-0.4, -0.2) is 31.9 Å². The van der Waals surface area contributed by atoms with E-state index in [4.69, 9.17) is 0 Å². The highest BCUT2D eigenvalue weighted by atomic mass is 32.2. The molecule has 1 rings (SSSR count). The van der Waals surface area contributed by atoms with Gasteiger partial charge in [-0.2, -0.15) is 0 Å². The van der Waals surface area contributed by atoms with Gasteiger partial charge in [-0.3, -0.25) is 4.21 Å². The maximum Gasteiger partial charge on any atom is 0.0840 e. The Balaban J connectivity index is 2.60. The van der Waals surface area contributed by atoms with E-state index in [0.29, 0.717) is 4.90 Å². The van der Waals surface area contributed by atoms with Gasteiger partial charge in [-0.15, -0.1) is 0 Å². The van der Waals surface area contributed by atoms with Gasteiger partial charge in [0.25, 0.3) is 0 Å². The Labute approximate surface area is 111 Å². The van der Waals surface area contributed by atoms with Crippen molar-refractivity contribution in [2.75, 3.05) is 5.75 Å². The fourth-order valence-corrected chi connectivity index (χ4v) is 2.40. The lowest BCUT2D eigenvalue weighted by Gasteiger charge is -2.12. The van der Waals surface area contributed by atoms with Gasteiger partial charge in [0.05, 0.1) is 28.3 Å². The molecule has 0 aromatic heterocycles. The fraction of sp³-hybridized carbons (Fsp3) is 0.429. The molecule has 3 nitrogen and oxygen atoms in total. The zero-order valence-electron chi connectivity index (χ0n) is 11.0. The Morgan fingerprint density at radius 2 is 1.89 bits per heavy atom. The third-order valence-electron chi connectivity index (χ3n) is 2.33.